The molecule has 0 aliphatic heterocycles. The van der Waals surface area contributed by atoms with Gasteiger partial charge in [-0.05, 0) is 67.9 Å². The summed E-state index contributed by atoms with van der Waals surface area (Å²) in [5.74, 6) is 3.54. The van der Waals surface area contributed by atoms with Crippen LogP contribution in [0.2, 0.25) is 0 Å². The van der Waals surface area contributed by atoms with E-state index in [9.17, 15) is 4.79 Å². The lowest BCUT2D eigenvalue weighted by Crippen LogP contribution is -2.61. The highest BCUT2D eigenvalue weighted by Crippen LogP contribution is 2.58. The maximum Gasteiger partial charge on any atom is 0.251 e. The van der Waals surface area contributed by atoms with E-state index in [2.05, 4.69) is 12.2 Å². The number of carbonyl (C=O) groups excluding carboxylic acids is 1. The van der Waals surface area contributed by atoms with Crippen molar-refractivity contribution >= 4 is 5.91 Å². The molecule has 4 fully saturated rings. The summed E-state index contributed by atoms with van der Waals surface area (Å²) in [6, 6.07) is 9.67. The van der Waals surface area contributed by atoms with Gasteiger partial charge < -0.3 is 5.32 Å². The molecular weight excluding hydrogens is 246 g/mol. The smallest absolute Gasteiger partial charge is 0.251 e. The average Bonchev–Trinajstić information content (AvgIpc) is 2.44. The Hall–Kier alpha value is -1.31. The zero-order valence-electron chi connectivity index (χ0n) is 12.1. The molecule has 0 aromatic heterocycles. The van der Waals surface area contributed by atoms with E-state index >= 15 is 0 Å². The monoisotopic (exact) mass is 269 g/mol. The van der Waals surface area contributed by atoms with Crippen molar-refractivity contribution in [1.82, 2.24) is 5.32 Å². The average molecular weight is 269 g/mol. The predicted octanol–water partition coefficient (Wildman–Crippen LogP) is 3.63. The number of hydrogen-bond acceptors (Lipinski definition) is 1. The maximum atomic E-state index is 12.5. The maximum absolute atomic E-state index is 12.5. The van der Waals surface area contributed by atoms with Gasteiger partial charge in [0.25, 0.3) is 5.91 Å². The van der Waals surface area contributed by atoms with E-state index in [0.29, 0.717) is 0 Å². The van der Waals surface area contributed by atoms with Gasteiger partial charge in [-0.1, -0.05) is 25.1 Å². The minimum atomic E-state index is 0.107. The topological polar surface area (TPSA) is 29.1 Å². The summed E-state index contributed by atoms with van der Waals surface area (Å²) in [7, 11) is 0. The number of amides is 1. The summed E-state index contributed by atoms with van der Waals surface area (Å²) in [5.41, 5.74) is 0.909. The fourth-order valence-corrected chi connectivity index (χ4v) is 5.33. The van der Waals surface area contributed by atoms with Crippen molar-refractivity contribution in [3.63, 3.8) is 0 Å². The molecule has 106 valence electrons. The number of benzene rings is 1. The molecule has 2 nitrogen and oxygen atoms in total. The third-order valence-electron chi connectivity index (χ3n) is 6.16. The molecule has 20 heavy (non-hydrogen) atoms. The highest BCUT2D eigenvalue weighted by Gasteiger charge is 2.54. The molecule has 5 rings (SSSR count). The summed E-state index contributed by atoms with van der Waals surface area (Å²) in [4.78, 5) is 12.5. The summed E-state index contributed by atoms with van der Waals surface area (Å²) >= 11 is 0. The van der Waals surface area contributed by atoms with Gasteiger partial charge in [0.05, 0.1) is 0 Å². The molecule has 4 bridgehead atoms. The molecule has 1 aromatic carbocycles. The molecule has 4 saturated carbocycles. The Kier molecular flexibility index (Phi) is 2.70. The van der Waals surface area contributed by atoms with Crippen LogP contribution in [0.15, 0.2) is 30.3 Å². The molecule has 0 saturated heterocycles. The van der Waals surface area contributed by atoms with E-state index in [4.69, 9.17) is 0 Å². The molecule has 2 atom stereocenters. The van der Waals surface area contributed by atoms with Crippen molar-refractivity contribution in [3.05, 3.63) is 35.9 Å². The van der Waals surface area contributed by atoms with Crippen LogP contribution in [0.5, 0.6) is 0 Å². The molecule has 1 aromatic rings. The van der Waals surface area contributed by atoms with Crippen LogP contribution in [-0.2, 0) is 0 Å². The van der Waals surface area contributed by atoms with Crippen molar-refractivity contribution in [1.29, 1.82) is 0 Å². The summed E-state index contributed by atoms with van der Waals surface area (Å²) in [6.45, 7) is 2.43. The van der Waals surface area contributed by atoms with Crippen LogP contribution in [0.1, 0.15) is 49.4 Å². The fourth-order valence-electron chi connectivity index (χ4n) is 5.33. The predicted molar refractivity (Wildman–Crippen MR) is 79.4 cm³/mol. The van der Waals surface area contributed by atoms with Crippen LogP contribution in [-0.4, -0.2) is 11.4 Å². The minimum Gasteiger partial charge on any atom is -0.347 e. The van der Waals surface area contributed by atoms with Crippen LogP contribution in [0.25, 0.3) is 0 Å². The molecule has 1 amide bonds. The molecule has 0 radical (unpaired) electrons. The zero-order chi connectivity index (χ0) is 13.7. The first-order chi connectivity index (χ1) is 9.65. The van der Waals surface area contributed by atoms with Crippen LogP contribution < -0.4 is 5.32 Å². The normalized spacial score (nSPS) is 41.6. The molecule has 0 spiro atoms. The Morgan fingerprint density at radius 2 is 1.75 bits per heavy atom. The Bertz CT molecular complexity index is 507. The first-order valence-corrected chi connectivity index (χ1v) is 8.03. The van der Waals surface area contributed by atoms with E-state index in [1.807, 2.05) is 30.3 Å². The van der Waals surface area contributed by atoms with E-state index in [0.717, 1.165) is 29.2 Å². The van der Waals surface area contributed by atoms with E-state index in [-0.39, 0.29) is 11.4 Å². The SMILES string of the molecule is CC1C2CC3CC1CC(NC(=O)c1ccccc1)(C3)C2. The number of rotatable bonds is 2. The number of carbonyl (C=O) groups is 1. The highest BCUT2D eigenvalue weighted by atomic mass is 16.1. The molecule has 1 N–H and O–H groups in total. The standard InChI is InChI=1S/C18H23NO/c1-12-15-7-13-8-16(12)11-18(9-13,10-15)19-17(20)14-5-3-2-4-6-14/h2-6,12-13,15-16H,7-11H2,1H3,(H,19,20). The van der Waals surface area contributed by atoms with Crippen molar-refractivity contribution in [2.24, 2.45) is 23.7 Å². The van der Waals surface area contributed by atoms with Crippen molar-refractivity contribution < 1.29 is 4.79 Å². The minimum absolute atomic E-state index is 0.107. The Morgan fingerprint density at radius 1 is 1.10 bits per heavy atom. The van der Waals surface area contributed by atoms with Gasteiger partial charge in [-0.25, -0.2) is 0 Å². The lowest BCUT2D eigenvalue weighted by molar-refractivity contribution is -0.0561. The lowest BCUT2D eigenvalue weighted by atomic mass is 9.49. The van der Waals surface area contributed by atoms with E-state index < -0.39 is 0 Å². The quantitative estimate of drug-likeness (QED) is 0.872. The van der Waals surface area contributed by atoms with Gasteiger partial charge in [0.15, 0.2) is 0 Å². The summed E-state index contributed by atoms with van der Waals surface area (Å²) < 4.78 is 0. The van der Waals surface area contributed by atoms with Gasteiger partial charge >= 0.3 is 0 Å². The third kappa shape index (κ3) is 1.88. The Labute approximate surface area is 121 Å². The molecule has 4 aliphatic rings. The summed E-state index contributed by atoms with van der Waals surface area (Å²) in [6.07, 6.45) is 6.44. The van der Waals surface area contributed by atoms with E-state index in [1.54, 1.807) is 0 Å². The van der Waals surface area contributed by atoms with Gasteiger partial charge in [-0.2, -0.15) is 0 Å². The van der Waals surface area contributed by atoms with Crippen molar-refractivity contribution in [2.45, 2.75) is 44.6 Å². The van der Waals surface area contributed by atoms with Crippen LogP contribution >= 0.6 is 0 Å². The molecule has 0 heterocycles. The van der Waals surface area contributed by atoms with Gasteiger partial charge in [0.1, 0.15) is 0 Å². The van der Waals surface area contributed by atoms with Crippen LogP contribution in [0.3, 0.4) is 0 Å². The second kappa shape index (κ2) is 4.34. The summed E-state index contributed by atoms with van der Waals surface area (Å²) in [5, 5.41) is 3.42. The molecular formula is C18H23NO. The zero-order valence-corrected chi connectivity index (χ0v) is 12.1. The van der Waals surface area contributed by atoms with Gasteiger partial charge in [0, 0.05) is 11.1 Å². The number of hydrogen-bond donors (Lipinski definition) is 1. The Morgan fingerprint density at radius 3 is 2.40 bits per heavy atom. The van der Waals surface area contributed by atoms with Crippen LogP contribution in [0, 0.1) is 23.7 Å². The van der Waals surface area contributed by atoms with Crippen LogP contribution in [0.4, 0.5) is 0 Å². The van der Waals surface area contributed by atoms with Crippen molar-refractivity contribution in [2.75, 3.05) is 0 Å². The first-order valence-electron chi connectivity index (χ1n) is 8.03. The second-order valence-electron chi connectivity index (χ2n) is 7.43. The second-order valence-corrected chi connectivity index (χ2v) is 7.43. The Balaban J connectivity index is 1.56. The van der Waals surface area contributed by atoms with Gasteiger partial charge in [-0.15, -0.1) is 0 Å². The fraction of sp³-hybridized carbons (Fsp3) is 0.611. The molecule has 2 unspecified atom stereocenters. The molecule has 2 heteroatoms. The highest BCUT2D eigenvalue weighted by molar-refractivity contribution is 5.94. The first kappa shape index (κ1) is 12.4. The largest absolute Gasteiger partial charge is 0.347 e. The van der Waals surface area contributed by atoms with E-state index in [1.165, 1.54) is 32.1 Å². The number of nitrogens with one attached hydrogen (secondary N) is 1. The van der Waals surface area contributed by atoms with Gasteiger partial charge in [0.2, 0.25) is 0 Å². The lowest BCUT2D eigenvalue weighted by Gasteiger charge is -2.59. The van der Waals surface area contributed by atoms with Gasteiger partial charge in [-0.3, -0.25) is 4.79 Å². The third-order valence-corrected chi connectivity index (χ3v) is 6.16. The van der Waals surface area contributed by atoms with Crippen molar-refractivity contribution in [3.8, 4) is 0 Å². The molecule has 4 aliphatic carbocycles.